The summed E-state index contributed by atoms with van der Waals surface area (Å²) in [5.74, 6) is -0.882. The average Bonchev–Trinajstić information content (AvgIpc) is 3.21. The summed E-state index contributed by atoms with van der Waals surface area (Å²) < 4.78 is 0.963. The molecule has 0 bridgehead atoms. The Morgan fingerprint density at radius 2 is 1.61 bits per heavy atom. The summed E-state index contributed by atoms with van der Waals surface area (Å²) in [6, 6.07) is 22.3. The highest BCUT2D eigenvalue weighted by molar-refractivity contribution is 9.10. The van der Waals surface area contributed by atoms with Gasteiger partial charge in [0, 0.05) is 40.0 Å². The molecule has 0 radical (unpaired) electrons. The van der Waals surface area contributed by atoms with E-state index >= 15 is 0 Å². The van der Waals surface area contributed by atoms with Crippen LogP contribution >= 0.6 is 27.5 Å². The molecule has 1 unspecified atom stereocenters. The van der Waals surface area contributed by atoms with Gasteiger partial charge in [0.1, 0.15) is 11.3 Å². The van der Waals surface area contributed by atoms with Crippen LogP contribution < -0.4 is 0 Å². The van der Waals surface area contributed by atoms with Crippen LogP contribution in [0.2, 0.25) is 5.02 Å². The van der Waals surface area contributed by atoms with Crippen molar-refractivity contribution in [3.8, 4) is 5.75 Å². The maximum Gasteiger partial charge on any atom is 0.328 e. The number of nitrogens with zero attached hydrogens (tertiary/aromatic N) is 1. The van der Waals surface area contributed by atoms with Crippen molar-refractivity contribution in [1.29, 1.82) is 0 Å². The second kappa shape index (κ2) is 8.65. The molecule has 0 saturated carbocycles. The van der Waals surface area contributed by atoms with E-state index in [1.54, 1.807) is 25.1 Å². The van der Waals surface area contributed by atoms with Gasteiger partial charge in [-0.25, -0.2) is 4.79 Å². The lowest BCUT2D eigenvalue weighted by Gasteiger charge is -2.35. The van der Waals surface area contributed by atoms with Gasteiger partial charge in [-0.2, -0.15) is 0 Å². The fourth-order valence-electron chi connectivity index (χ4n) is 4.60. The molecular weight excluding hydrogens is 478 g/mol. The highest BCUT2D eigenvalue weighted by atomic mass is 79.9. The molecule has 0 aromatic heterocycles. The largest absolute Gasteiger partial charge is 0.508 e. The summed E-state index contributed by atoms with van der Waals surface area (Å²) in [7, 11) is 0. The van der Waals surface area contributed by atoms with Gasteiger partial charge in [0.15, 0.2) is 0 Å². The number of benzene rings is 3. The van der Waals surface area contributed by atoms with E-state index < -0.39 is 11.5 Å². The highest BCUT2D eigenvalue weighted by Gasteiger charge is 2.48. The first-order valence-electron chi connectivity index (χ1n) is 10.1. The molecule has 4 nitrogen and oxygen atoms in total. The van der Waals surface area contributed by atoms with Crippen LogP contribution in [0.5, 0.6) is 5.75 Å². The van der Waals surface area contributed by atoms with E-state index in [1.165, 1.54) is 0 Å². The van der Waals surface area contributed by atoms with E-state index in [2.05, 4.69) is 15.9 Å². The average molecular weight is 501 g/mol. The van der Waals surface area contributed by atoms with E-state index in [0.717, 1.165) is 21.2 Å². The molecule has 3 atom stereocenters. The number of halogens is 2. The monoisotopic (exact) mass is 499 g/mol. The Hall–Kier alpha value is -2.34. The number of rotatable bonds is 5. The fraction of sp³-hybridized carbons (Fsp3) is 0.240. The number of carboxylic acid groups (broad SMARTS) is 1. The number of phenolic OH excluding ortho intramolecular Hbond substituents is 1. The van der Waals surface area contributed by atoms with Crippen molar-refractivity contribution in [3.05, 3.63) is 99.0 Å². The van der Waals surface area contributed by atoms with Crippen LogP contribution in [0.3, 0.4) is 0 Å². The molecule has 0 amide bonds. The van der Waals surface area contributed by atoms with Gasteiger partial charge in [0.25, 0.3) is 0 Å². The van der Waals surface area contributed by atoms with Crippen LogP contribution in [0.15, 0.2) is 77.3 Å². The minimum absolute atomic E-state index is 0.0256. The molecule has 1 saturated heterocycles. The Kier molecular flexibility index (Phi) is 6.11. The molecule has 0 aliphatic carbocycles. The summed E-state index contributed by atoms with van der Waals surface area (Å²) >= 11 is 9.92. The third kappa shape index (κ3) is 3.98. The Bertz CT molecular complexity index is 1110. The van der Waals surface area contributed by atoms with E-state index in [0.29, 0.717) is 18.1 Å². The zero-order valence-corrected chi connectivity index (χ0v) is 19.3. The summed E-state index contributed by atoms with van der Waals surface area (Å²) in [6.45, 7) is 2.75. The Balaban J connectivity index is 1.83. The van der Waals surface area contributed by atoms with Gasteiger partial charge >= 0.3 is 5.97 Å². The zero-order valence-electron chi connectivity index (χ0n) is 17.0. The lowest BCUT2D eigenvalue weighted by Crippen LogP contribution is -2.48. The Morgan fingerprint density at radius 3 is 2.26 bits per heavy atom. The van der Waals surface area contributed by atoms with Gasteiger partial charge in [-0.1, -0.05) is 76.1 Å². The van der Waals surface area contributed by atoms with E-state index in [9.17, 15) is 15.0 Å². The number of aromatic hydroxyl groups is 1. The number of hydrogen-bond acceptors (Lipinski definition) is 3. The van der Waals surface area contributed by atoms with Crippen LogP contribution in [0, 0.1) is 0 Å². The van der Waals surface area contributed by atoms with Gasteiger partial charge in [-0.3, -0.25) is 4.90 Å². The lowest BCUT2D eigenvalue weighted by atomic mass is 9.84. The number of carboxylic acids is 1. The van der Waals surface area contributed by atoms with Gasteiger partial charge in [-0.05, 0) is 42.3 Å². The number of aliphatic carboxylic acids is 1. The minimum atomic E-state index is -1.20. The van der Waals surface area contributed by atoms with Gasteiger partial charge in [-0.15, -0.1) is 0 Å². The number of hydrogen-bond donors (Lipinski definition) is 2. The summed E-state index contributed by atoms with van der Waals surface area (Å²) in [4.78, 5) is 14.6. The number of carbonyl (C=O) groups is 1. The summed E-state index contributed by atoms with van der Waals surface area (Å²) in [5, 5.41) is 21.5. The normalized spacial score (nSPS) is 21.0. The van der Waals surface area contributed by atoms with Gasteiger partial charge in [0.2, 0.25) is 0 Å². The molecule has 31 heavy (non-hydrogen) atoms. The molecular formula is C25H23BrClNO3. The van der Waals surface area contributed by atoms with Crippen molar-refractivity contribution < 1.29 is 15.0 Å². The first kappa shape index (κ1) is 21.9. The van der Waals surface area contributed by atoms with E-state index in [4.69, 9.17) is 11.6 Å². The lowest BCUT2D eigenvalue weighted by molar-refractivity contribution is -0.150. The van der Waals surface area contributed by atoms with Crippen LogP contribution in [-0.2, 0) is 10.3 Å². The fourth-order valence-corrected chi connectivity index (χ4v) is 5.36. The molecule has 6 heteroatoms. The summed E-state index contributed by atoms with van der Waals surface area (Å²) in [5.41, 5.74) is 1.33. The van der Waals surface area contributed by atoms with Crippen molar-refractivity contribution in [2.45, 2.75) is 24.3 Å². The molecule has 3 aromatic carbocycles. The quantitative estimate of drug-likeness (QED) is 0.452. The smallest absolute Gasteiger partial charge is 0.328 e. The Morgan fingerprint density at radius 1 is 1.00 bits per heavy atom. The summed E-state index contributed by atoms with van der Waals surface area (Å²) in [6.07, 6.45) is 0. The van der Waals surface area contributed by atoms with E-state index in [-0.39, 0.29) is 17.6 Å². The van der Waals surface area contributed by atoms with Crippen molar-refractivity contribution in [3.63, 3.8) is 0 Å². The molecule has 1 aliphatic rings. The number of likely N-dealkylation sites (tertiary alicyclic amines) is 1. The first-order chi connectivity index (χ1) is 14.8. The maximum atomic E-state index is 12.6. The standard InChI is InChI=1S/C25H23BrClNO3/c1-25(24(30)31,16-7-3-2-4-8-16)28-14-20(18-9-5-6-10-22(18)26)21(15-28)19-13-17(27)11-12-23(19)29/h2-13,20-21,29H,14-15H2,1H3,(H,30,31)/t20-,21-,25?/m1/s1. The topological polar surface area (TPSA) is 60.8 Å². The molecule has 1 fully saturated rings. The zero-order chi connectivity index (χ0) is 22.2. The minimum Gasteiger partial charge on any atom is -0.508 e. The van der Waals surface area contributed by atoms with Crippen molar-refractivity contribution in [2.75, 3.05) is 13.1 Å². The molecule has 1 aliphatic heterocycles. The maximum absolute atomic E-state index is 12.6. The molecule has 1 heterocycles. The van der Waals surface area contributed by atoms with Crippen LogP contribution in [0.25, 0.3) is 0 Å². The van der Waals surface area contributed by atoms with Gasteiger partial charge in [0.05, 0.1) is 0 Å². The van der Waals surface area contributed by atoms with Crippen molar-refractivity contribution >= 4 is 33.5 Å². The number of phenols is 1. The van der Waals surface area contributed by atoms with Crippen LogP contribution in [0.4, 0.5) is 0 Å². The van der Waals surface area contributed by atoms with Crippen molar-refractivity contribution in [2.24, 2.45) is 0 Å². The predicted molar refractivity (Wildman–Crippen MR) is 126 cm³/mol. The van der Waals surface area contributed by atoms with Crippen molar-refractivity contribution in [1.82, 2.24) is 4.90 Å². The predicted octanol–water partition coefficient (Wildman–Crippen LogP) is 5.99. The molecule has 160 valence electrons. The third-order valence-electron chi connectivity index (χ3n) is 6.40. The molecule has 2 N–H and O–H groups in total. The molecule has 0 spiro atoms. The first-order valence-corrected chi connectivity index (χ1v) is 11.3. The highest BCUT2D eigenvalue weighted by Crippen LogP contribution is 2.48. The van der Waals surface area contributed by atoms with Crippen LogP contribution in [-0.4, -0.2) is 34.2 Å². The second-order valence-electron chi connectivity index (χ2n) is 8.09. The van der Waals surface area contributed by atoms with Crippen LogP contribution in [0.1, 0.15) is 35.4 Å². The molecule has 3 aromatic rings. The molecule has 4 rings (SSSR count). The third-order valence-corrected chi connectivity index (χ3v) is 7.36. The van der Waals surface area contributed by atoms with E-state index in [1.807, 2.05) is 59.5 Å². The second-order valence-corrected chi connectivity index (χ2v) is 9.38. The Labute approximate surface area is 195 Å². The van der Waals surface area contributed by atoms with Gasteiger partial charge < -0.3 is 10.2 Å². The SMILES string of the molecule is CC(C(=O)O)(c1ccccc1)N1C[C@H](c2cc(Cl)ccc2O)[C@@H](c2ccccc2Br)C1.